The fraction of sp³-hybridized carbons (Fsp3) is 0.583. The van der Waals surface area contributed by atoms with Gasteiger partial charge in [0.05, 0.1) is 16.8 Å². The van der Waals surface area contributed by atoms with Crippen molar-refractivity contribution in [1.29, 1.82) is 0 Å². The molecule has 0 aliphatic carbocycles. The number of carbonyl (C=O) groups excluding carboxylic acids is 2. The molecule has 1 saturated heterocycles. The predicted octanol–water partition coefficient (Wildman–Crippen LogP) is 0.682. The number of thiazole rings is 1. The van der Waals surface area contributed by atoms with Crippen molar-refractivity contribution in [3.05, 3.63) is 10.7 Å². The Morgan fingerprint density at radius 3 is 2.79 bits per heavy atom. The summed E-state index contributed by atoms with van der Waals surface area (Å²) in [6.45, 7) is 4.38. The Labute approximate surface area is 115 Å². The summed E-state index contributed by atoms with van der Waals surface area (Å²) in [5, 5.41) is 13.5. The molecular weight excluding hydrogens is 266 g/mol. The highest BCUT2D eigenvalue weighted by atomic mass is 32.1. The highest BCUT2D eigenvalue weighted by molar-refractivity contribution is 7.16. The molecule has 7 heteroatoms. The van der Waals surface area contributed by atoms with Crippen LogP contribution < -0.4 is 5.32 Å². The van der Waals surface area contributed by atoms with Gasteiger partial charge in [0.15, 0.2) is 0 Å². The summed E-state index contributed by atoms with van der Waals surface area (Å²) in [4.78, 5) is 29.4. The van der Waals surface area contributed by atoms with E-state index in [0.717, 1.165) is 11.4 Å². The Balaban J connectivity index is 1.99. The summed E-state index contributed by atoms with van der Waals surface area (Å²) in [6, 6.07) is 0. The maximum Gasteiger partial charge on any atom is 0.314 e. The number of aryl methyl sites for hydroxylation is 2. The molecule has 0 bridgehead atoms. The maximum absolute atomic E-state index is 12.0. The summed E-state index contributed by atoms with van der Waals surface area (Å²) in [6.07, 6.45) is 0.870. The molecular formula is C12H17N3O3S. The first-order valence-corrected chi connectivity index (χ1v) is 7.01. The predicted molar refractivity (Wildman–Crippen MR) is 72.0 cm³/mol. The SMILES string of the molecule is Cc1nc(C)c(NC(=O)C(=O)N2CCCC(O)C2)s1. The van der Waals surface area contributed by atoms with Crippen molar-refractivity contribution in [3.8, 4) is 0 Å². The van der Waals surface area contributed by atoms with Crippen LogP contribution in [0.15, 0.2) is 0 Å². The van der Waals surface area contributed by atoms with Gasteiger partial charge in [0.1, 0.15) is 5.00 Å². The lowest BCUT2D eigenvalue weighted by molar-refractivity contribution is -0.145. The van der Waals surface area contributed by atoms with E-state index in [1.165, 1.54) is 16.2 Å². The standard InChI is InChI=1S/C12H17N3O3S/c1-7-11(19-8(2)13-7)14-10(17)12(18)15-5-3-4-9(16)6-15/h9,16H,3-6H2,1-2H3,(H,14,17). The number of piperidine rings is 1. The number of rotatable bonds is 1. The Morgan fingerprint density at radius 1 is 1.47 bits per heavy atom. The lowest BCUT2D eigenvalue weighted by Gasteiger charge is -2.29. The number of likely N-dealkylation sites (tertiary alicyclic amines) is 1. The monoisotopic (exact) mass is 283 g/mol. The largest absolute Gasteiger partial charge is 0.391 e. The molecule has 2 N–H and O–H groups in total. The number of aliphatic hydroxyl groups is 1. The van der Waals surface area contributed by atoms with Gasteiger partial charge in [-0.25, -0.2) is 4.98 Å². The first-order valence-electron chi connectivity index (χ1n) is 6.19. The van der Waals surface area contributed by atoms with Crippen molar-refractivity contribution >= 4 is 28.2 Å². The second-order valence-corrected chi connectivity index (χ2v) is 5.85. The molecule has 0 spiro atoms. The highest BCUT2D eigenvalue weighted by Gasteiger charge is 2.27. The third kappa shape index (κ3) is 3.30. The number of carbonyl (C=O) groups is 2. The number of aliphatic hydroxyl groups excluding tert-OH is 1. The molecule has 1 aromatic heterocycles. The van der Waals surface area contributed by atoms with Gasteiger partial charge in [-0.2, -0.15) is 0 Å². The van der Waals surface area contributed by atoms with Gasteiger partial charge in [-0.1, -0.05) is 0 Å². The molecule has 2 rings (SSSR count). The molecule has 0 saturated carbocycles. The summed E-state index contributed by atoms with van der Waals surface area (Å²) >= 11 is 1.34. The average Bonchev–Trinajstić information content (AvgIpc) is 2.66. The van der Waals surface area contributed by atoms with Gasteiger partial charge >= 0.3 is 11.8 Å². The second kappa shape index (κ2) is 5.66. The van der Waals surface area contributed by atoms with Crippen LogP contribution in [-0.4, -0.2) is 46.0 Å². The summed E-state index contributed by atoms with van der Waals surface area (Å²) < 4.78 is 0. The van der Waals surface area contributed by atoms with Gasteiger partial charge in [-0.3, -0.25) is 9.59 Å². The van der Waals surface area contributed by atoms with Gasteiger partial charge in [-0.15, -0.1) is 11.3 Å². The van der Waals surface area contributed by atoms with Crippen molar-refractivity contribution in [2.24, 2.45) is 0 Å². The quantitative estimate of drug-likeness (QED) is 0.743. The van der Waals surface area contributed by atoms with Crippen LogP contribution in [0.25, 0.3) is 0 Å². The number of aromatic nitrogens is 1. The van der Waals surface area contributed by atoms with Crippen LogP contribution >= 0.6 is 11.3 Å². The molecule has 1 aliphatic rings. The number of anilines is 1. The highest BCUT2D eigenvalue weighted by Crippen LogP contribution is 2.23. The zero-order chi connectivity index (χ0) is 14.0. The molecule has 6 nitrogen and oxygen atoms in total. The molecule has 0 aromatic carbocycles. The number of nitrogens with zero attached hydrogens (tertiary/aromatic N) is 2. The zero-order valence-corrected chi connectivity index (χ0v) is 11.8. The van der Waals surface area contributed by atoms with Gasteiger partial charge < -0.3 is 15.3 Å². The van der Waals surface area contributed by atoms with Gasteiger partial charge in [0.2, 0.25) is 0 Å². The fourth-order valence-electron chi connectivity index (χ4n) is 2.09. The molecule has 1 aliphatic heterocycles. The lowest BCUT2D eigenvalue weighted by atomic mass is 10.1. The minimum absolute atomic E-state index is 0.229. The van der Waals surface area contributed by atoms with Crippen LogP contribution in [0.1, 0.15) is 23.5 Å². The van der Waals surface area contributed by atoms with Crippen LogP contribution in [0.3, 0.4) is 0 Å². The van der Waals surface area contributed by atoms with Crippen LogP contribution in [0.5, 0.6) is 0 Å². The zero-order valence-electron chi connectivity index (χ0n) is 11.0. The third-order valence-electron chi connectivity index (χ3n) is 3.01. The van der Waals surface area contributed by atoms with Crippen LogP contribution in [0, 0.1) is 13.8 Å². The van der Waals surface area contributed by atoms with E-state index < -0.39 is 17.9 Å². The molecule has 1 unspecified atom stereocenters. The van der Waals surface area contributed by atoms with E-state index in [0.29, 0.717) is 23.7 Å². The van der Waals surface area contributed by atoms with E-state index in [1.807, 2.05) is 6.92 Å². The Hall–Kier alpha value is -1.47. The normalized spacial score (nSPS) is 19.3. The minimum Gasteiger partial charge on any atom is -0.391 e. The Kier molecular flexibility index (Phi) is 4.16. The van der Waals surface area contributed by atoms with Crippen molar-refractivity contribution in [3.63, 3.8) is 0 Å². The topological polar surface area (TPSA) is 82.5 Å². The molecule has 0 radical (unpaired) electrons. The molecule has 19 heavy (non-hydrogen) atoms. The molecule has 104 valence electrons. The summed E-state index contributed by atoms with van der Waals surface area (Å²) in [7, 11) is 0. The number of β-amino-alcohol motifs (C(OH)–C–C–N with tert-alkyl or cyclic N) is 1. The number of amides is 2. The van der Waals surface area contributed by atoms with E-state index in [2.05, 4.69) is 10.3 Å². The molecule has 2 amide bonds. The minimum atomic E-state index is -0.666. The van der Waals surface area contributed by atoms with Crippen molar-refractivity contribution in [2.45, 2.75) is 32.8 Å². The lowest BCUT2D eigenvalue weighted by Crippen LogP contribution is -2.46. The van der Waals surface area contributed by atoms with E-state index in [-0.39, 0.29) is 6.54 Å². The number of hydrogen-bond donors (Lipinski definition) is 2. The third-order valence-corrected chi connectivity index (χ3v) is 4.00. The smallest absolute Gasteiger partial charge is 0.314 e. The first-order chi connectivity index (χ1) is 8.97. The summed E-state index contributed by atoms with van der Waals surface area (Å²) in [5.74, 6) is -1.26. The molecule has 1 fully saturated rings. The van der Waals surface area contributed by atoms with E-state index in [9.17, 15) is 14.7 Å². The van der Waals surface area contributed by atoms with Gasteiger partial charge in [0.25, 0.3) is 0 Å². The number of nitrogens with one attached hydrogen (secondary N) is 1. The molecule has 2 heterocycles. The Bertz CT molecular complexity index is 500. The summed E-state index contributed by atoms with van der Waals surface area (Å²) in [5.41, 5.74) is 0.710. The first kappa shape index (κ1) is 14.0. The maximum atomic E-state index is 12.0. The van der Waals surface area contributed by atoms with E-state index >= 15 is 0 Å². The van der Waals surface area contributed by atoms with Crippen molar-refractivity contribution in [2.75, 3.05) is 18.4 Å². The average molecular weight is 283 g/mol. The van der Waals surface area contributed by atoms with E-state index in [1.54, 1.807) is 6.92 Å². The van der Waals surface area contributed by atoms with Crippen molar-refractivity contribution < 1.29 is 14.7 Å². The van der Waals surface area contributed by atoms with Gasteiger partial charge in [-0.05, 0) is 26.7 Å². The number of hydrogen-bond acceptors (Lipinski definition) is 5. The van der Waals surface area contributed by atoms with Crippen LogP contribution in [0.2, 0.25) is 0 Å². The van der Waals surface area contributed by atoms with Crippen LogP contribution in [-0.2, 0) is 9.59 Å². The van der Waals surface area contributed by atoms with E-state index in [4.69, 9.17) is 0 Å². The second-order valence-electron chi connectivity index (χ2n) is 4.65. The molecule has 1 atom stereocenters. The fourth-order valence-corrected chi connectivity index (χ4v) is 2.90. The Morgan fingerprint density at radius 2 is 2.21 bits per heavy atom. The van der Waals surface area contributed by atoms with Gasteiger partial charge in [0, 0.05) is 13.1 Å². The van der Waals surface area contributed by atoms with Crippen molar-refractivity contribution in [1.82, 2.24) is 9.88 Å². The molecule has 1 aromatic rings. The van der Waals surface area contributed by atoms with Crippen LogP contribution in [0.4, 0.5) is 5.00 Å².